The van der Waals surface area contributed by atoms with E-state index in [1.807, 2.05) is 18.2 Å². The summed E-state index contributed by atoms with van der Waals surface area (Å²) in [6.45, 7) is 0. The highest BCUT2D eigenvalue weighted by molar-refractivity contribution is 6.20. The molecule has 0 saturated heterocycles. The standard InChI is InChI=1S/C16H14N2O3/c19-15(18-17-13-9-5-2-6-10-13)11-14(16(20)21)12-7-3-1-4-8-12/h1-11,17H,(H,18,19)(H,20,21). The lowest BCUT2D eigenvalue weighted by atomic mass is 10.1. The number of nitrogens with one attached hydrogen (secondary N) is 2. The highest BCUT2D eigenvalue weighted by Gasteiger charge is 2.12. The van der Waals surface area contributed by atoms with E-state index in [1.54, 1.807) is 42.5 Å². The Kier molecular flexibility index (Phi) is 4.71. The minimum absolute atomic E-state index is 0.0667. The van der Waals surface area contributed by atoms with Crippen molar-refractivity contribution in [3.8, 4) is 0 Å². The number of aliphatic carboxylic acids is 1. The van der Waals surface area contributed by atoms with Gasteiger partial charge in [-0.2, -0.15) is 0 Å². The van der Waals surface area contributed by atoms with E-state index in [2.05, 4.69) is 10.9 Å². The van der Waals surface area contributed by atoms with Gasteiger partial charge in [0.05, 0.1) is 11.3 Å². The van der Waals surface area contributed by atoms with Gasteiger partial charge in [0.2, 0.25) is 0 Å². The molecule has 3 N–H and O–H groups in total. The van der Waals surface area contributed by atoms with Gasteiger partial charge < -0.3 is 5.11 Å². The third-order valence-corrected chi connectivity index (χ3v) is 2.69. The van der Waals surface area contributed by atoms with Crippen LogP contribution in [-0.2, 0) is 9.59 Å². The Morgan fingerprint density at radius 2 is 1.48 bits per heavy atom. The van der Waals surface area contributed by atoms with Crippen LogP contribution in [0.2, 0.25) is 0 Å². The quantitative estimate of drug-likeness (QED) is 0.581. The predicted molar refractivity (Wildman–Crippen MR) is 80.3 cm³/mol. The van der Waals surface area contributed by atoms with Crippen molar-refractivity contribution in [3.63, 3.8) is 0 Å². The lowest BCUT2D eigenvalue weighted by molar-refractivity contribution is -0.130. The van der Waals surface area contributed by atoms with E-state index in [1.165, 1.54) is 0 Å². The van der Waals surface area contributed by atoms with Crippen LogP contribution < -0.4 is 10.9 Å². The van der Waals surface area contributed by atoms with E-state index in [0.29, 0.717) is 11.3 Å². The first-order chi connectivity index (χ1) is 10.2. The van der Waals surface area contributed by atoms with Crippen molar-refractivity contribution in [1.29, 1.82) is 0 Å². The first-order valence-corrected chi connectivity index (χ1v) is 6.28. The summed E-state index contributed by atoms with van der Waals surface area (Å²) in [6.07, 6.45) is 1.05. The van der Waals surface area contributed by atoms with Crippen LogP contribution in [-0.4, -0.2) is 17.0 Å². The van der Waals surface area contributed by atoms with Crippen LogP contribution >= 0.6 is 0 Å². The maximum atomic E-state index is 11.8. The van der Waals surface area contributed by atoms with Gasteiger partial charge >= 0.3 is 5.97 Å². The average Bonchev–Trinajstić information content (AvgIpc) is 2.52. The van der Waals surface area contributed by atoms with Crippen molar-refractivity contribution in [2.75, 3.05) is 5.43 Å². The molecule has 2 rings (SSSR count). The summed E-state index contributed by atoms with van der Waals surface area (Å²) in [7, 11) is 0. The van der Waals surface area contributed by atoms with E-state index < -0.39 is 11.9 Å². The van der Waals surface area contributed by atoms with E-state index in [4.69, 9.17) is 0 Å². The minimum Gasteiger partial charge on any atom is -0.478 e. The number of carboxylic acid groups (broad SMARTS) is 1. The van der Waals surface area contributed by atoms with Gasteiger partial charge in [0.1, 0.15) is 0 Å². The van der Waals surface area contributed by atoms with Crippen molar-refractivity contribution >= 4 is 23.1 Å². The van der Waals surface area contributed by atoms with Crippen LogP contribution in [0.25, 0.3) is 5.57 Å². The van der Waals surface area contributed by atoms with Gasteiger partial charge in [-0.25, -0.2) is 4.79 Å². The summed E-state index contributed by atoms with van der Waals surface area (Å²) >= 11 is 0. The SMILES string of the molecule is O=C(C=C(C(=O)O)c1ccccc1)NNc1ccccc1. The maximum absolute atomic E-state index is 11.8. The molecule has 0 aliphatic rings. The molecule has 0 aromatic heterocycles. The van der Waals surface area contributed by atoms with Gasteiger partial charge in [0, 0.05) is 6.08 Å². The number of carbonyl (C=O) groups is 2. The number of anilines is 1. The third kappa shape index (κ3) is 4.21. The number of hydrazine groups is 1. The Bertz CT molecular complexity index is 652. The van der Waals surface area contributed by atoms with Gasteiger partial charge in [0.25, 0.3) is 5.91 Å². The number of hydrogen-bond donors (Lipinski definition) is 3. The Labute approximate surface area is 121 Å². The second-order valence-corrected chi connectivity index (χ2v) is 4.21. The summed E-state index contributed by atoms with van der Waals surface area (Å²) < 4.78 is 0. The number of benzene rings is 2. The predicted octanol–water partition coefficient (Wildman–Crippen LogP) is 2.30. The molecule has 0 fully saturated rings. The summed E-state index contributed by atoms with van der Waals surface area (Å²) in [6, 6.07) is 17.5. The normalized spacial score (nSPS) is 10.8. The van der Waals surface area contributed by atoms with Crippen LogP contribution in [0.5, 0.6) is 0 Å². The van der Waals surface area contributed by atoms with Gasteiger partial charge in [0.15, 0.2) is 0 Å². The molecular weight excluding hydrogens is 268 g/mol. The fraction of sp³-hybridized carbons (Fsp3) is 0. The summed E-state index contributed by atoms with van der Waals surface area (Å²) in [4.78, 5) is 23.0. The fourth-order valence-electron chi connectivity index (χ4n) is 1.71. The van der Waals surface area contributed by atoms with E-state index >= 15 is 0 Å². The van der Waals surface area contributed by atoms with E-state index in [-0.39, 0.29) is 5.57 Å². The molecule has 0 bridgehead atoms. The molecule has 0 heterocycles. The Balaban J connectivity index is 2.08. The first-order valence-electron chi connectivity index (χ1n) is 6.28. The van der Waals surface area contributed by atoms with Gasteiger partial charge in [-0.05, 0) is 17.7 Å². The van der Waals surface area contributed by atoms with Crippen molar-refractivity contribution in [1.82, 2.24) is 5.43 Å². The summed E-state index contributed by atoms with van der Waals surface area (Å²) in [5, 5.41) is 9.19. The zero-order valence-corrected chi connectivity index (χ0v) is 11.1. The van der Waals surface area contributed by atoms with E-state index in [9.17, 15) is 14.7 Å². The monoisotopic (exact) mass is 282 g/mol. The highest BCUT2D eigenvalue weighted by atomic mass is 16.4. The summed E-state index contributed by atoms with van der Waals surface area (Å²) in [5.74, 6) is -1.70. The number of carboxylic acids is 1. The maximum Gasteiger partial charge on any atom is 0.336 e. The van der Waals surface area contributed by atoms with Crippen LogP contribution in [0.1, 0.15) is 5.56 Å². The molecule has 0 radical (unpaired) electrons. The van der Waals surface area contributed by atoms with Crippen molar-refractivity contribution < 1.29 is 14.7 Å². The molecule has 0 aliphatic carbocycles. The van der Waals surface area contributed by atoms with Crippen LogP contribution in [0.15, 0.2) is 66.7 Å². The molecule has 0 atom stereocenters. The Morgan fingerprint density at radius 3 is 2.05 bits per heavy atom. The van der Waals surface area contributed by atoms with Crippen molar-refractivity contribution in [2.24, 2.45) is 0 Å². The molecule has 5 heteroatoms. The number of carbonyl (C=O) groups excluding carboxylic acids is 1. The number of hydrogen-bond acceptors (Lipinski definition) is 3. The van der Waals surface area contributed by atoms with Crippen LogP contribution in [0.3, 0.4) is 0 Å². The largest absolute Gasteiger partial charge is 0.478 e. The van der Waals surface area contributed by atoms with Crippen LogP contribution in [0, 0.1) is 0 Å². The van der Waals surface area contributed by atoms with Crippen LogP contribution in [0.4, 0.5) is 5.69 Å². The molecule has 0 saturated carbocycles. The molecule has 106 valence electrons. The molecule has 5 nitrogen and oxygen atoms in total. The zero-order chi connectivity index (χ0) is 15.1. The molecule has 21 heavy (non-hydrogen) atoms. The number of rotatable bonds is 5. The summed E-state index contributed by atoms with van der Waals surface area (Å²) in [5.41, 5.74) is 6.24. The smallest absolute Gasteiger partial charge is 0.336 e. The molecule has 2 aromatic carbocycles. The third-order valence-electron chi connectivity index (χ3n) is 2.69. The number of para-hydroxylation sites is 1. The minimum atomic E-state index is -1.16. The van der Waals surface area contributed by atoms with E-state index in [0.717, 1.165) is 6.08 Å². The topological polar surface area (TPSA) is 78.4 Å². The Morgan fingerprint density at radius 1 is 0.905 bits per heavy atom. The zero-order valence-electron chi connectivity index (χ0n) is 11.1. The van der Waals surface area contributed by atoms with Gasteiger partial charge in [-0.15, -0.1) is 0 Å². The number of amides is 1. The molecule has 0 spiro atoms. The lowest BCUT2D eigenvalue weighted by Crippen LogP contribution is -2.28. The van der Waals surface area contributed by atoms with Gasteiger partial charge in [-0.3, -0.25) is 15.6 Å². The second-order valence-electron chi connectivity index (χ2n) is 4.21. The Hall–Kier alpha value is -3.08. The average molecular weight is 282 g/mol. The highest BCUT2D eigenvalue weighted by Crippen LogP contribution is 2.13. The molecule has 0 aliphatic heterocycles. The molecular formula is C16H14N2O3. The molecule has 1 amide bonds. The first kappa shape index (κ1) is 14.3. The second kappa shape index (κ2) is 6.91. The van der Waals surface area contributed by atoms with Crippen molar-refractivity contribution in [2.45, 2.75) is 0 Å². The lowest BCUT2D eigenvalue weighted by Gasteiger charge is -2.07. The molecule has 0 unspecified atom stereocenters. The van der Waals surface area contributed by atoms with Gasteiger partial charge in [-0.1, -0.05) is 48.5 Å². The fourth-order valence-corrected chi connectivity index (χ4v) is 1.71. The van der Waals surface area contributed by atoms with Crippen molar-refractivity contribution in [3.05, 3.63) is 72.3 Å². The molecule has 2 aromatic rings.